The molecule has 5 nitrogen and oxygen atoms in total. The van der Waals surface area contributed by atoms with Crippen molar-refractivity contribution in [2.75, 3.05) is 11.4 Å². The van der Waals surface area contributed by atoms with Gasteiger partial charge < -0.3 is 4.90 Å². The maximum atomic E-state index is 13.7. The van der Waals surface area contributed by atoms with Crippen molar-refractivity contribution in [1.82, 2.24) is 5.43 Å². The minimum absolute atomic E-state index is 0.0912. The molecule has 1 saturated heterocycles. The van der Waals surface area contributed by atoms with Gasteiger partial charge in [-0.1, -0.05) is 33.6 Å². The Balaban J connectivity index is 1.63. The molecule has 1 aliphatic heterocycles. The van der Waals surface area contributed by atoms with Gasteiger partial charge in [-0.3, -0.25) is 9.59 Å². The largest absolute Gasteiger partial charge is 0.312 e. The maximum Gasteiger partial charge on any atom is 0.245 e. The molecule has 134 valence electrons. The summed E-state index contributed by atoms with van der Waals surface area (Å²) in [6, 6.07) is 11.5. The zero-order valence-corrected chi connectivity index (χ0v) is 15.8. The summed E-state index contributed by atoms with van der Waals surface area (Å²) in [7, 11) is 0. The van der Waals surface area contributed by atoms with Crippen molar-refractivity contribution in [1.29, 1.82) is 0 Å². The number of carbonyl (C=O) groups is 2. The molecule has 0 unspecified atom stereocenters. The molecule has 1 atom stereocenters. The third kappa shape index (κ3) is 4.11. The van der Waals surface area contributed by atoms with Crippen LogP contribution >= 0.6 is 27.5 Å². The van der Waals surface area contributed by atoms with Crippen LogP contribution in [0, 0.1) is 11.7 Å². The van der Waals surface area contributed by atoms with Gasteiger partial charge in [-0.2, -0.15) is 5.10 Å². The molecule has 8 heteroatoms. The van der Waals surface area contributed by atoms with E-state index in [1.807, 2.05) is 12.1 Å². The highest BCUT2D eigenvalue weighted by molar-refractivity contribution is 9.10. The highest BCUT2D eigenvalue weighted by Gasteiger charge is 2.35. The molecule has 0 spiro atoms. The van der Waals surface area contributed by atoms with Gasteiger partial charge in [-0.15, -0.1) is 0 Å². The summed E-state index contributed by atoms with van der Waals surface area (Å²) < 4.78 is 14.6. The van der Waals surface area contributed by atoms with E-state index in [4.69, 9.17) is 11.6 Å². The SMILES string of the molecule is O=C(N/N=C/c1c(F)cccc1Cl)[C@@H]1CC(=O)N(c2ccc(Br)cc2)C1. The second-order valence-electron chi connectivity index (χ2n) is 5.75. The molecule has 0 radical (unpaired) electrons. The van der Waals surface area contributed by atoms with Crippen molar-refractivity contribution in [2.45, 2.75) is 6.42 Å². The van der Waals surface area contributed by atoms with Crippen LogP contribution in [0.2, 0.25) is 5.02 Å². The molecule has 1 heterocycles. The van der Waals surface area contributed by atoms with Crippen LogP contribution in [0.15, 0.2) is 52.0 Å². The number of hydrogen-bond donors (Lipinski definition) is 1. The molecule has 2 aromatic rings. The van der Waals surface area contributed by atoms with Crippen LogP contribution in [-0.4, -0.2) is 24.6 Å². The Labute approximate surface area is 163 Å². The number of hydrazone groups is 1. The number of benzene rings is 2. The summed E-state index contributed by atoms with van der Waals surface area (Å²) in [5.74, 6) is -1.59. The Hall–Kier alpha value is -2.25. The number of anilines is 1. The number of nitrogens with one attached hydrogen (secondary N) is 1. The molecule has 2 amide bonds. The third-order valence-corrected chi connectivity index (χ3v) is 4.86. The molecule has 1 aliphatic rings. The Kier molecular flexibility index (Phi) is 5.68. The predicted octanol–water partition coefficient (Wildman–Crippen LogP) is 3.74. The van der Waals surface area contributed by atoms with Gasteiger partial charge in [0.15, 0.2) is 0 Å². The van der Waals surface area contributed by atoms with E-state index in [1.165, 1.54) is 18.2 Å². The fraction of sp³-hybridized carbons (Fsp3) is 0.167. The summed E-state index contributed by atoms with van der Waals surface area (Å²) in [5.41, 5.74) is 3.17. The van der Waals surface area contributed by atoms with Crippen LogP contribution in [0.3, 0.4) is 0 Å². The summed E-state index contributed by atoms with van der Waals surface area (Å²) >= 11 is 9.23. The van der Waals surface area contributed by atoms with E-state index >= 15 is 0 Å². The fourth-order valence-electron chi connectivity index (χ4n) is 2.64. The van der Waals surface area contributed by atoms with E-state index in [0.717, 1.165) is 16.4 Å². The van der Waals surface area contributed by atoms with Crippen molar-refractivity contribution in [3.63, 3.8) is 0 Å². The maximum absolute atomic E-state index is 13.7. The predicted molar refractivity (Wildman–Crippen MR) is 102 cm³/mol. The molecule has 0 aliphatic carbocycles. The monoisotopic (exact) mass is 437 g/mol. The molecule has 0 aromatic heterocycles. The molecule has 2 aromatic carbocycles. The zero-order valence-electron chi connectivity index (χ0n) is 13.5. The molecule has 0 bridgehead atoms. The van der Waals surface area contributed by atoms with Crippen molar-refractivity contribution < 1.29 is 14.0 Å². The first-order chi connectivity index (χ1) is 12.5. The van der Waals surface area contributed by atoms with Gasteiger partial charge in [0.1, 0.15) is 5.82 Å². The molecular formula is C18H14BrClFN3O2. The quantitative estimate of drug-likeness (QED) is 0.584. The topological polar surface area (TPSA) is 61.8 Å². The average Bonchev–Trinajstić information content (AvgIpc) is 3.00. The highest BCUT2D eigenvalue weighted by Crippen LogP contribution is 2.26. The van der Waals surface area contributed by atoms with Gasteiger partial charge in [-0.25, -0.2) is 9.82 Å². The third-order valence-electron chi connectivity index (χ3n) is 4.00. The van der Waals surface area contributed by atoms with Crippen molar-refractivity contribution in [3.8, 4) is 0 Å². The second-order valence-corrected chi connectivity index (χ2v) is 7.07. The van der Waals surface area contributed by atoms with Crippen LogP contribution < -0.4 is 10.3 Å². The second kappa shape index (κ2) is 7.97. The molecule has 0 saturated carbocycles. The van der Waals surface area contributed by atoms with Gasteiger partial charge >= 0.3 is 0 Å². The molecular weight excluding hydrogens is 425 g/mol. The van der Waals surface area contributed by atoms with E-state index in [2.05, 4.69) is 26.5 Å². The van der Waals surface area contributed by atoms with Crippen LogP contribution in [-0.2, 0) is 9.59 Å². The number of rotatable bonds is 4. The summed E-state index contributed by atoms with van der Waals surface area (Å²) in [6.45, 7) is 0.266. The molecule has 1 N–H and O–H groups in total. The lowest BCUT2D eigenvalue weighted by Crippen LogP contribution is -2.30. The Morgan fingerprint density at radius 3 is 2.73 bits per heavy atom. The number of hydrogen-bond acceptors (Lipinski definition) is 3. The first kappa shape index (κ1) is 18.5. The highest BCUT2D eigenvalue weighted by atomic mass is 79.9. The van der Waals surface area contributed by atoms with Crippen LogP contribution in [0.4, 0.5) is 10.1 Å². The normalized spacial score (nSPS) is 17.1. The summed E-state index contributed by atoms with van der Waals surface area (Å²) in [5, 5.41) is 3.95. The lowest BCUT2D eigenvalue weighted by Gasteiger charge is -2.16. The number of amides is 2. The lowest BCUT2D eigenvalue weighted by molar-refractivity contribution is -0.126. The Morgan fingerprint density at radius 1 is 1.31 bits per heavy atom. The van der Waals surface area contributed by atoms with E-state index in [0.29, 0.717) is 0 Å². The first-order valence-corrected chi connectivity index (χ1v) is 8.95. The van der Waals surface area contributed by atoms with Crippen LogP contribution in [0.1, 0.15) is 12.0 Å². The number of carbonyl (C=O) groups excluding carboxylic acids is 2. The van der Waals surface area contributed by atoms with Crippen LogP contribution in [0.25, 0.3) is 0 Å². The fourth-order valence-corrected chi connectivity index (χ4v) is 3.12. The molecule has 3 rings (SSSR count). The van der Waals surface area contributed by atoms with E-state index in [-0.39, 0.29) is 29.5 Å². The van der Waals surface area contributed by atoms with E-state index in [1.54, 1.807) is 17.0 Å². The van der Waals surface area contributed by atoms with Gasteiger partial charge in [0.25, 0.3) is 0 Å². The molecule has 26 heavy (non-hydrogen) atoms. The lowest BCUT2D eigenvalue weighted by atomic mass is 10.1. The van der Waals surface area contributed by atoms with Gasteiger partial charge in [-0.05, 0) is 36.4 Å². The first-order valence-electron chi connectivity index (χ1n) is 7.78. The summed E-state index contributed by atoms with van der Waals surface area (Å²) in [4.78, 5) is 26.0. The standard InChI is InChI=1S/C18H14BrClFN3O2/c19-12-4-6-13(7-5-12)24-10-11(8-17(24)25)18(26)23-22-9-14-15(20)2-1-3-16(14)21/h1-7,9,11H,8,10H2,(H,23,26)/b22-9+/t11-/m1/s1. The van der Waals surface area contributed by atoms with Gasteiger partial charge in [0.05, 0.1) is 17.2 Å². The van der Waals surface area contributed by atoms with Crippen molar-refractivity contribution in [3.05, 3.63) is 63.3 Å². The minimum atomic E-state index is -0.534. The van der Waals surface area contributed by atoms with Crippen molar-refractivity contribution in [2.24, 2.45) is 11.0 Å². The number of halogens is 3. The van der Waals surface area contributed by atoms with Crippen molar-refractivity contribution >= 4 is 51.2 Å². The Morgan fingerprint density at radius 2 is 2.04 bits per heavy atom. The minimum Gasteiger partial charge on any atom is -0.312 e. The average molecular weight is 439 g/mol. The van der Waals surface area contributed by atoms with Gasteiger partial charge in [0.2, 0.25) is 11.8 Å². The molecule has 1 fully saturated rings. The van der Waals surface area contributed by atoms with E-state index < -0.39 is 17.6 Å². The number of nitrogens with zero attached hydrogens (tertiary/aromatic N) is 2. The van der Waals surface area contributed by atoms with Crippen LogP contribution in [0.5, 0.6) is 0 Å². The van der Waals surface area contributed by atoms with E-state index in [9.17, 15) is 14.0 Å². The summed E-state index contributed by atoms with van der Waals surface area (Å²) in [6.07, 6.45) is 1.25. The Bertz CT molecular complexity index is 853. The zero-order chi connectivity index (χ0) is 18.7. The smallest absolute Gasteiger partial charge is 0.245 e. The van der Waals surface area contributed by atoms with Gasteiger partial charge in [0, 0.05) is 28.7 Å².